The topological polar surface area (TPSA) is 69.8 Å². The number of halogens is 1. The normalized spacial score (nSPS) is 21.3. The van der Waals surface area contributed by atoms with E-state index in [9.17, 15) is 15.2 Å². The molecule has 7 heteroatoms. The van der Waals surface area contributed by atoms with E-state index in [-0.39, 0.29) is 17.8 Å². The Morgan fingerprint density at radius 3 is 2.76 bits per heavy atom. The maximum Gasteiger partial charge on any atom is 0.271 e. The molecule has 6 nitrogen and oxygen atoms in total. The van der Waals surface area contributed by atoms with Gasteiger partial charge < -0.3 is 10.0 Å². The largest absolute Gasteiger partial charge is 0.392 e. The van der Waals surface area contributed by atoms with E-state index in [4.69, 9.17) is 11.6 Å². The fraction of sp³-hybridized carbons (Fsp3) is 0.571. The molecule has 1 N–H and O–H groups in total. The quantitative estimate of drug-likeness (QED) is 0.681. The Morgan fingerprint density at radius 2 is 2.24 bits per heavy atom. The van der Waals surface area contributed by atoms with Gasteiger partial charge in [0.15, 0.2) is 0 Å². The second-order valence-corrected chi connectivity index (χ2v) is 5.95. The molecule has 0 aromatic heterocycles. The second kappa shape index (κ2) is 6.60. The van der Waals surface area contributed by atoms with Crippen LogP contribution in [-0.2, 0) is 0 Å². The van der Waals surface area contributed by atoms with Crippen LogP contribution in [0.25, 0.3) is 0 Å². The number of anilines is 1. The van der Waals surface area contributed by atoms with Gasteiger partial charge in [-0.25, -0.2) is 0 Å². The molecular formula is C14H20ClN3O3. The molecule has 0 aliphatic carbocycles. The summed E-state index contributed by atoms with van der Waals surface area (Å²) in [6.45, 7) is 6.98. The lowest BCUT2D eigenvalue weighted by Gasteiger charge is -2.42. The Balaban J connectivity index is 2.11. The van der Waals surface area contributed by atoms with E-state index in [0.717, 1.165) is 25.3 Å². The molecule has 0 saturated carbocycles. The van der Waals surface area contributed by atoms with E-state index >= 15 is 0 Å². The molecule has 1 aromatic carbocycles. The van der Waals surface area contributed by atoms with Gasteiger partial charge in [0.05, 0.1) is 21.7 Å². The number of piperazine rings is 1. The molecular weight excluding hydrogens is 294 g/mol. The van der Waals surface area contributed by atoms with E-state index < -0.39 is 4.92 Å². The molecule has 0 spiro atoms. The monoisotopic (exact) mass is 313 g/mol. The Kier molecular flexibility index (Phi) is 5.03. The highest BCUT2D eigenvalue weighted by molar-refractivity contribution is 6.33. The van der Waals surface area contributed by atoms with Crippen molar-refractivity contribution in [3.05, 3.63) is 33.3 Å². The lowest BCUT2D eigenvalue weighted by atomic mass is 10.1. The van der Waals surface area contributed by atoms with E-state index in [0.29, 0.717) is 11.6 Å². The number of non-ortho nitro benzene ring substituents is 1. The number of nitro benzene ring substituents is 1. The summed E-state index contributed by atoms with van der Waals surface area (Å²) >= 11 is 6.19. The zero-order valence-electron chi connectivity index (χ0n) is 12.2. The van der Waals surface area contributed by atoms with Crippen LogP contribution in [0.2, 0.25) is 5.02 Å². The molecule has 2 unspecified atom stereocenters. The molecule has 1 fully saturated rings. The number of nitrogens with zero attached hydrogens (tertiary/aromatic N) is 3. The van der Waals surface area contributed by atoms with E-state index in [2.05, 4.69) is 16.7 Å². The van der Waals surface area contributed by atoms with Crippen molar-refractivity contribution < 1.29 is 10.0 Å². The molecule has 0 radical (unpaired) electrons. The zero-order valence-corrected chi connectivity index (χ0v) is 13.0. The second-order valence-electron chi connectivity index (χ2n) is 5.54. The van der Waals surface area contributed by atoms with Crippen molar-refractivity contribution in [3.63, 3.8) is 0 Å². The standard InChI is InChI=1S/C14H20ClN3O3/c1-10-8-16(9-11(2)19)5-6-17(10)14-4-3-12(18(20)21)7-13(14)15/h3-4,7,10-11,19H,5-6,8-9H2,1-2H3. The first-order valence-electron chi connectivity index (χ1n) is 6.99. The number of nitro groups is 1. The summed E-state index contributed by atoms with van der Waals surface area (Å²) in [6, 6.07) is 4.82. The lowest BCUT2D eigenvalue weighted by Crippen LogP contribution is -2.53. The van der Waals surface area contributed by atoms with Gasteiger partial charge in [0.1, 0.15) is 0 Å². The summed E-state index contributed by atoms with van der Waals surface area (Å²) in [5.41, 5.74) is 0.829. The summed E-state index contributed by atoms with van der Waals surface area (Å²) in [5.74, 6) is 0. The molecule has 1 aliphatic heterocycles. The molecule has 1 saturated heterocycles. The third kappa shape index (κ3) is 3.84. The van der Waals surface area contributed by atoms with Crippen LogP contribution >= 0.6 is 11.6 Å². The average molecular weight is 314 g/mol. The maximum absolute atomic E-state index is 10.8. The van der Waals surface area contributed by atoms with Crippen LogP contribution in [-0.4, -0.2) is 53.3 Å². The number of rotatable bonds is 4. The summed E-state index contributed by atoms with van der Waals surface area (Å²) < 4.78 is 0. The number of β-amino-alcohol motifs (C(OH)–C–C–N with tert-alkyl or cyclic N) is 1. The van der Waals surface area contributed by atoms with E-state index in [1.807, 2.05) is 0 Å². The van der Waals surface area contributed by atoms with Crippen LogP contribution in [0.15, 0.2) is 18.2 Å². The van der Waals surface area contributed by atoms with Crippen LogP contribution in [0.5, 0.6) is 0 Å². The fourth-order valence-corrected chi connectivity index (χ4v) is 3.06. The van der Waals surface area contributed by atoms with Crippen molar-refractivity contribution in [2.75, 3.05) is 31.1 Å². The molecule has 2 atom stereocenters. The Bertz CT molecular complexity index is 524. The minimum absolute atomic E-state index is 0.00384. The highest BCUT2D eigenvalue weighted by Crippen LogP contribution is 2.32. The van der Waals surface area contributed by atoms with Crippen LogP contribution in [0.4, 0.5) is 11.4 Å². The Morgan fingerprint density at radius 1 is 1.52 bits per heavy atom. The number of aliphatic hydroxyl groups is 1. The lowest BCUT2D eigenvalue weighted by molar-refractivity contribution is -0.384. The highest BCUT2D eigenvalue weighted by Gasteiger charge is 2.26. The van der Waals surface area contributed by atoms with E-state index in [1.165, 1.54) is 12.1 Å². The van der Waals surface area contributed by atoms with Crippen molar-refractivity contribution in [3.8, 4) is 0 Å². The first-order valence-corrected chi connectivity index (χ1v) is 7.37. The molecule has 1 aromatic rings. The maximum atomic E-state index is 10.8. The Hall–Kier alpha value is -1.37. The number of benzene rings is 1. The predicted molar refractivity (Wildman–Crippen MR) is 83.0 cm³/mol. The van der Waals surface area contributed by atoms with Crippen molar-refractivity contribution >= 4 is 23.0 Å². The van der Waals surface area contributed by atoms with Gasteiger partial charge >= 0.3 is 0 Å². The van der Waals surface area contributed by atoms with Gasteiger partial charge in [-0.3, -0.25) is 15.0 Å². The Labute approximate surface area is 129 Å². The smallest absolute Gasteiger partial charge is 0.271 e. The van der Waals surface area contributed by atoms with Crippen molar-refractivity contribution in [2.45, 2.75) is 26.0 Å². The van der Waals surface area contributed by atoms with Gasteiger partial charge in [0.2, 0.25) is 0 Å². The van der Waals surface area contributed by atoms with Gasteiger partial charge in [0, 0.05) is 44.4 Å². The average Bonchev–Trinajstić information content (AvgIpc) is 2.38. The van der Waals surface area contributed by atoms with Crippen LogP contribution in [0.1, 0.15) is 13.8 Å². The van der Waals surface area contributed by atoms with Crippen molar-refractivity contribution in [2.24, 2.45) is 0 Å². The minimum atomic E-state index is -0.445. The first kappa shape index (κ1) is 16.0. The van der Waals surface area contributed by atoms with Gasteiger partial charge in [-0.2, -0.15) is 0 Å². The highest BCUT2D eigenvalue weighted by atomic mass is 35.5. The number of aliphatic hydroxyl groups excluding tert-OH is 1. The molecule has 0 amide bonds. The first-order chi connectivity index (χ1) is 9.88. The third-order valence-electron chi connectivity index (χ3n) is 3.69. The van der Waals surface area contributed by atoms with Crippen LogP contribution in [0, 0.1) is 10.1 Å². The fourth-order valence-electron chi connectivity index (χ4n) is 2.77. The molecule has 116 valence electrons. The minimum Gasteiger partial charge on any atom is -0.392 e. The van der Waals surface area contributed by atoms with Gasteiger partial charge in [-0.05, 0) is 19.9 Å². The number of hydrogen-bond donors (Lipinski definition) is 1. The summed E-state index contributed by atoms with van der Waals surface area (Å²) in [7, 11) is 0. The molecule has 1 aliphatic rings. The predicted octanol–water partition coefficient (Wildman–Crippen LogP) is 2.14. The van der Waals surface area contributed by atoms with Crippen LogP contribution < -0.4 is 4.90 Å². The molecule has 1 heterocycles. The molecule has 0 bridgehead atoms. The van der Waals surface area contributed by atoms with Gasteiger partial charge in [0.25, 0.3) is 5.69 Å². The SMILES string of the molecule is CC(O)CN1CCN(c2ccc([N+](=O)[O-])cc2Cl)C(C)C1. The van der Waals surface area contributed by atoms with Crippen LogP contribution in [0.3, 0.4) is 0 Å². The van der Waals surface area contributed by atoms with E-state index in [1.54, 1.807) is 13.0 Å². The summed E-state index contributed by atoms with van der Waals surface area (Å²) in [6.07, 6.45) is -0.341. The summed E-state index contributed by atoms with van der Waals surface area (Å²) in [4.78, 5) is 14.7. The summed E-state index contributed by atoms with van der Waals surface area (Å²) in [5, 5.41) is 20.6. The molecule has 2 rings (SSSR count). The van der Waals surface area contributed by atoms with Crippen molar-refractivity contribution in [1.82, 2.24) is 4.90 Å². The number of hydrogen-bond acceptors (Lipinski definition) is 5. The third-order valence-corrected chi connectivity index (χ3v) is 3.99. The van der Waals surface area contributed by atoms with Gasteiger partial charge in [-0.1, -0.05) is 11.6 Å². The van der Waals surface area contributed by atoms with Crippen molar-refractivity contribution in [1.29, 1.82) is 0 Å². The van der Waals surface area contributed by atoms with Gasteiger partial charge in [-0.15, -0.1) is 0 Å². The molecule has 21 heavy (non-hydrogen) atoms. The zero-order chi connectivity index (χ0) is 15.6.